The normalized spacial score (nSPS) is 11.8. The zero-order chi connectivity index (χ0) is 14.8. The lowest BCUT2D eigenvalue weighted by Gasteiger charge is -2.16. The minimum absolute atomic E-state index is 0.0476. The van der Waals surface area contributed by atoms with E-state index in [0.29, 0.717) is 11.8 Å². The van der Waals surface area contributed by atoms with Gasteiger partial charge in [-0.2, -0.15) is 0 Å². The summed E-state index contributed by atoms with van der Waals surface area (Å²) >= 11 is 0. The molecule has 1 amide bonds. The van der Waals surface area contributed by atoms with Crippen LogP contribution in [0, 0.1) is 0 Å². The SMILES string of the molecule is CCCCCC(C)Nc1cccc(OCC(=O)NC)c1. The van der Waals surface area contributed by atoms with Crippen LogP contribution in [-0.4, -0.2) is 25.6 Å². The second kappa shape index (κ2) is 9.23. The van der Waals surface area contributed by atoms with Crippen LogP contribution in [0.1, 0.15) is 39.5 Å². The van der Waals surface area contributed by atoms with Crippen molar-refractivity contribution in [1.82, 2.24) is 5.32 Å². The van der Waals surface area contributed by atoms with E-state index in [9.17, 15) is 4.79 Å². The van der Waals surface area contributed by atoms with E-state index >= 15 is 0 Å². The largest absolute Gasteiger partial charge is 0.484 e. The number of carbonyl (C=O) groups excluding carboxylic acids is 1. The van der Waals surface area contributed by atoms with Crippen LogP contribution < -0.4 is 15.4 Å². The van der Waals surface area contributed by atoms with Crippen molar-refractivity contribution >= 4 is 11.6 Å². The summed E-state index contributed by atoms with van der Waals surface area (Å²) in [6.45, 7) is 4.45. The Bertz CT molecular complexity index is 407. The summed E-state index contributed by atoms with van der Waals surface area (Å²) in [6, 6.07) is 8.18. The standard InChI is InChI=1S/C16H26N2O2/c1-4-5-6-8-13(2)18-14-9-7-10-15(11-14)20-12-16(19)17-3/h7,9-11,13,18H,4-6,8,12H2,1-3H3,(H,17,19). The number of likely N-dealkylation sites (N-methyl/N-ethyl adjacent to an activating group) is 1. The van der Waals surface area contributed by atoms with E-state index in [1.54, 1.807) is 7.05 Å². The molecule has 0 aliphatic carbocycles. The molecule has 4 heteroatoms. The highest BCUT2D eigenvalue weighted by molar-refractivity contribution is 5.77. The van der Waals surface area contributed by atoms with E-state index in [0.717, 1.165) is 12.1 Å². The van der Waals surface area contributed by atoms with E-state index in [4.69, 9.17) is 4.74 Å². The zero-order valence-electron chi connectivity index (χ0n) is 12.7. The number of benzene rings is 1. The second-order valence-corrected chi connectivity index (χ2v) is 5.03. The maximum absolute atomic E-state index is 11.1. The quantitative estimate of drug-likeness (QED) is 0.682. The van der Waals surface area contributed by atoms with Crippen LogP contribution in [0.2, 0.25) is 0 Å². The van der Waals surface area contributed by atoms with Crippen molar-refractivity contribution in [3.63, 3.8) is 0 Å². The van der Waals surface area contributed by atoms with Gasteiger partial charge in [0.05, 0.1) is 0 Å². The van der Waals surface area contributed by atoms with Crippen molar-refractivity contribution in [3.05, 3.63) is 24.3 Å². The Morgan fingerprint density at radius 2 is 2.15 bits per heavy atom. The zero-order valence-corrected chi connectivity index (χ0v) is 12.7. The minimum Gasteiger partial charge on any atom is -0.484 e. The molecular weight excluding hydrogens is 252 g/mol. The Labute approximate surface area is 121 Å². The van der Waals surface area contributed by atoms with Crippen molar-refractivity contribution in [2.24, 2.45) is 0 Å². The Morgan fingerprint density at radius 3 is 2.85 bits per heavy atom. The number of unbranched alkanes of at least 4 members (excludes halogenated alkanes) is 2. The van der Waals surface area contributed by atoms with E-state index in [-0.39, 0.29) is 12.5 Å². The van der Waals surface area contributed by atoms with Gasteiger partial charge in [0.25, 0.3) is 5.91 Å². The smallest absolute Gasteiger partial charge is 0.257 e. The summed E-state index contributed by atoms with van der Waals surface area (Å²) in [5.41, 5.74) is 1.03. The first kappa shape index (κ1) is 16.3. The average molecular weight is 278 g/mol. The lowest BCUT2D eigenvalue weighted by molar-refractivity contribution is -0.122. The van der Waals surface area contributed by atoms with Crippen LogP contribution >= 0.6 is 0 Å². The maximum Gasteiger partial charge on any atom is 0.257 e. The fraction of sp³-hybridized carbons (Fsp3) is 0.562. The molecule has 0 heterocycles. The van der Waals surface area contributed by atoms with Gasteiger partial charge in [-0.1, -0.05) is 32.3 Å². The van der Waals surface area contributed by atoms with Gasteiger partial charge in [-0.3, -0.25) is 4.79 Å². The van der Waals surface area contributed by atoms with E-state index in [1.165, 1.54) is 19.3 Å². The van der Waals surface area contributed by atoms with Gasteiger partial charge in [0.1, 0.15) is 5.75 Å². The number of carbonyl (C=O) groups is 1. The molecule has 0 bridgehead atoms. The Morgan fingerprint density at radius 1 is 1.35 bits per heavy atom. The lowest BCUT2D eigenvalue weighted by Crippen LogP contribution is -2.24. The Hall–Kier alpha value is -1.71. The Balaban J connectivity index is 2.44. The summed E-state index contributed by atoms with van der Waals surface area (Å²) in [5, 5.41) is 5.99. The molecule has 0 saturated carbocycles. The van der Waals surface area contributed by atoms with Crippen LogP contribution in [0.3, 0.4) is 0 Å². The topological polar surface area (TPSA) is 50.4 Å². The van der Waals surface area contributed by atoms with Crippen LogP contribution in [0.15, 0.2) is 24.3 Å². The molecule has 1 unspecified atom stereocenters. The summed E-state index contributed by atoms with van der Waals surface area (Å²) in [5.74, 6) is 0.579. The van der Waals surface area contributed by atoms with E-state index < -0.39 is 0 Å². The van der Waals surface area contributed by atoms with Gasteiger partial charge in [0.2, 0.25) is 0 Å². The van der Waals surface area contributed by atoms with Gasteiger partial charge in [-0.15, -0.1) is 0 Å². The summed E-state index contributed by atoms with van der Waals surface area (Å²) in [4.78, 5) is 11.1. The molecule has 4 nitrogen and oxygen atoms in total. The summed E-state index contributed by atoms with van der Waals surface area (Å²) < 4.78 is 5.43. The highest BCUT2D eigenvalue weighted by Gasteiger charge is 2.04. The molecule has 1 aromatic carbocycles. The van der Waals surface area contributed by atoms with Gasteiger partial charge < -0.3 is 15.4 Å². The highest BCUT2D eigenvalue weighted by atomic mass is 16.5. The maximum atomic E-state index is 11.1. The van der Waals surface area contributed by atoms with Crippen LogP contribution in [0.4, 0.5) is 5.69 Å². The lowest BCUT2D eigenvalue weighted by atomic mass is 10.1. The fourth-order valence-corrected chi connectivity index (χ4v) is 1.95. The predicted octanol–water partition coefficient (Wildman–Crippen LogP) is 3.19. The molecule has 0 saturated heterocycles. The molecule has 112 valence electrons. The van der Waals surface area contributed by atoms with Crippen molar-refractivity contribution in [2.45, 2.75) is 45.6 Å². The molecule has 1 aromatic rings. The molecule has 0 spiro atoms. The van der Waals surface area contributed by atoms with Crippen LogP contribution in [-0.2, 0) is 4.79 Å². The average Bonchev–Trinajstić information content (AvgIpc) is 2.45. The number of hydrogen-bond donors (Lipinski definition) is 2. The number of amides is 1. The van der Waals surface area contributed by atoms with Crippen molar-refractivity contribution in [2.75, 3.05) is 19.0 Å². The predicted molar refractivity (Wildman–Crippen MR) is 83.2 cm³/mol. The van der Waals surface area contributed by atoms with Crippen LogP contribution in [0.25, 0.3) is 0 Å². The molecule has 0 radical (unpaired) electrons. The molecular formula is C16H26N2O2. The minimum atomic E-state index is -0.128. The molecule has 0 aromatic heterocycles. The number of rotatable bonds is 9. The van der Waals surface area contributed by atoms with Gasteiger partial charge in [-0.25, -0.2) is 0 Å². The van der Waals surface area contributed by atoms with Crippen molar-refractivity contribution in [3.8, 4) is 5.75 Å². The van der Waals surface area contributed by atoms with Gasteiger partial charge in [-0.05, 0) is 25.5 Å². The summed E-state index contributed by atoms with van der Waals surface area (Å²) in [7, 11) is 1.60. The second-order valence-electron chi connectivity index (χ2n) is 5.03. The third-order valence-corrected chi connectivity index (χ3v) is 3.14. The van der Waals surface area contributed by atoms with E-state index in [1.807, 2.05) is 24.3 Å². The fourth-order valence-electron chi connectivity index (χ4n) is 1.95. The first-order valence-electron chi connectivity index (χ1n) is 7.35. The Kier molecular flexibility index (Phi) is 7.55. The molecule has 2 N–H and O–H groups in total. The van der Waals surface area contributed by atoms with Gasteiger partial charge in [0, 0.05) is 24.8 Å². The molecule has 1 atom stereocenters. The summed E-state index contributed by atoms with van der Waals surface area (Å²) in [6.07, 6.45) is 4.94. The van der Waals surface area contributed by atoms with Crippen molar-refractivity contribution in [1.29, 1.82) is 0 Å². The molecule has 0 aliphatic heterocycles. The van der Waals surface area contributed by atoms with Gasteiger partial charge in [0.15, 0.2) is 6.61 Å². The molecule has 0 aliphatic rings. The first-order valence-corrected chi connectivity index (χ1v) is 7.35. The molecule has 1 rings (SSSR count). The van der Waals surface area contributed by atoms with Crippen molar-refractivity contribution < 1.29 is 9.53 Å². The molecule has 20 heavy (non-hydrogen) atoms. The van der Waals surface area contributed by atoms with Crippen LogP contribution in [0.5, 0.6) is 5.75 Å². The number of ether oxygens (including phenoxy) is 1. The first-order chi connectivity index (χ1) is 9.65. The number of anilines is 1. The number of nitrogens with one attached hydrogen (secondary N) is 2. The third kappa shape index (κ3) is 6.45. The highest BCUT2D eigenvalue weighted by Crippen LogP contribution is 2.19. The van der Waals surface area contributed by atoms with E-state index in [2.05, 4.69) is 24.5 Å². The molecule has 0 fully saturated rings. The monoisotopic (exact) mass is 278 g/mol. The van der Waals surface area contributed by atoms with Gasteiger partial charge >= 0.3 is 0 Å². The number of hydrogen-bond acceptors (Lipinski definition) is 3. The third-order valence-electron chi connectivity index (χ3n) is 3.14.